The SMILES string of the molecule is c1ccc(CCOC[C@H]2CCCN2)cc1. The quantitative estimate of drug-likeness (QED) is 0.742. The van der Waals surface area contributed by atoms with Crippen LogP contribution < -0.4 is 5.32 Å². The molecule has 1 aromatic rings. The van der Waals surface area contributed by atoms with E-state index in [2.05, 4.69) is 29.6 Å². The lowest BCUT2D eigenvalue weighted by atomic mass is 10.2. The van der Waals surface area contributed by atoms with Gasteiger partial charge in [0.1, 0.15) is 0 Å². The van der Waals surface area contributed by atoms with Gasteiger partial charge in [-0.25, -0.2) is 0 Å². The molecule has 2 nitrogen and oxygen atoms in total. The number of nitrogens with one attached hydrogen (secondary N) is 1. The second-order valence-electron chi connectivity index (χ2n) is 4.10. The van der Waals surface area contributed by atoms with E-state index in [9.17, 15) is 0 Å². The maximum Gasteiger partial charge on any atom is 0.0619 e. The molecule has 1 saturated heterocycles. The van der Waals surface area contributed by atoms with Crippen molar-refractivity contribution < 1.29 is 4.74 Å². The molecule has 1 N–H and O–H groups in total. The average molecular weight is 205 g/mol. The van der Waals surface area contributed by atoms with Crippen LogP contribution in [-0.4, -0.2) is 25.8 Å². The van der Waals surface area contributed by atoms with Crippen molar-refractivity contribution in [3.63, 3.8) is 0 Å². The van der Waals surface area contributed by atoms with Crippen molar-refractivity contribution in [2.45, 2.75) is 25.3 Å². The summed E-state index contributed by atoms with van der Waals surface area (Å²) >= 11 is 0. The number of rotatable bonds is 5. The Morgan fingerprint density at radius 2 is 2.13 bits per heavy atom. The monoisotopic (exact) mass is 205 g/mol. The zero-order chi connectivity index (χ0) is 10.3. The summed E-state index contributed by atoms with van der Waals surface area (Å²) < 4.78 is 5.66. The highest BCUT2D eigenvalue weighted by Gasteiger charge is 2.13. The third-order valence-electron chi connectivity index (χ3n) is 2.86. The molecule has 0 bridgehead atoms. The smallest absolute Gasteiger partial charge is 0.0619 e. The second-order valence-corrected chi connectivity index (χ2v) is 4.10. The summed E-state index contributed by atoms with van der Waals surface area (Å²) in [5.74, 6) is 0. The van der Waals surface area contributed by atoms with E-state index in [1.165, 1.54) is 18.4 Å². The third kappa shape index (κ3) is 3.65. The Hall–Kier alpha value is -0.860. The van der Waals surface area contributed by atoms with Crippen molar-refractivity contribution in [3.8, 4) is 0 Å². The molecule has 1 heterocycles. The predicted octanol–water partition coefficient (Wildman–Crippen LogP) is 2.00. The molecule has 2 heteroatoms. The summed E-state index contributed by atoms with van der Waals surface area (Å²) in [4.78, 5) is 0. The predicted molar refractivity (Wildman–Crippen MR) is 62.0 cm³/mol. The highest BCUT2D eigenvalue weighted by molar-refractivity contribution is 5.14. The minimum absolute atomic E-state index is 0.598. The first kappa shape index (κ1) is 10.7. The van der Waals surface area contributed by atoms with Crippen molar-refractivity contribution in [2.24, 2.45) is 0 Å². The molecule has 1 atom stereocenters. The van der Waals surface area contributed by atoms with E-state index in [0.717, 1.165) is 26.2 Å². The van der Waals surface area contributed by atoms with E-state index in [1.54, 1.807) is 0 Å². The zero-order valence-corrected chi connectivity index (χ0v) is 9.11. The molecular formula is C13H19NO. The molecule has 0 spiro atoms. The molecule has 1 aromatic carbocycles. The van der Waals surface area contributed by atoms with Crippen LogP contribution in [0.25, 0.3) is 0 Å². The molecule has 1 fully saturated rings. The van der Waals surface area contributed by atoms with Gasteiger partial charge in [-0.1, -0.05) is 30.3 Å². The zero-order valence-electron chi connectivity index (χ0n) is 9.11. The van der Waals surface area contributed by atoms with E-state index in [0.29, 0.717) is 6.04 Å². The van der Waals surface area contributed by atoms with Gasteiger partial charge in [-0.2, -0.15) is 0 Å². The van der Waals surface area contributed by atoms with Crippen LogP contribution in [0.5, 0.6) is 0 Å². The van der Waals surface area contributed by atoms with Crippen molar-refractivity contribution in [2.75, 3.05) is 19.8 Å². The molecule has 0 saturated carbocycles. The van der Waals surface area contributed by atoms with Gasteiger partial charge in [0.25, 0.3) is 0 Å². The van der Waals surface area contributed by atoms with Crippen LogP contribution >= 0.6 is 0 Å². The Morgan fingerprint density at radius 1 is 1.27 bits per heavy atom. The Balaban J connectivity index is 1.59. The first-order chi connectivity index (χ1) is 7.45. The molecule has 0 aliphatic carbocycles. The van der Waals surface area contributed by atoms with Gasteiger partial charge < -0.3 is 10.1 Å². The van der Waals surface area contributed by atoms with Crippen molar-refractivity contribution in [1.82, 2.24) is 5.32 Å². The minimum Gasteiger partial charge on any atom is -0.379 e. The summed E-state index contributed by atoms with van der Waals surface area (Å²) in [6.07, 6.45) is 3.59. The molecule has 82 valence electrons. The molecular weight excluding hydrogens is 186 g/mol. The first-order valence-corrected chi connectivity index (χ1v) is 5.80. The van der Waals surface area contributed by atoms with E-state index >= 15 is 0 Å². The summed E-state index contributed by atoms with van der Waals surface area (Å²) in [5.41, 5.74) is 1.36. The first-order valence-electron chi connectivity index (χ1n) is 5.80. The van der Waals surface area contributed by atoms with Gasteiger partial charge in [-0.05, 0) is 31.4 Å². The molecule has 1 aliphatic heterocycles. The Labute approximate surface area is 91.6 Å². The fraction of sp³-hybridized carbons (Fsp3) is 0.538. The summed E-state index contributed by atoms with van der Waals surface area (Å²) in [6.45, 7) is 2.86. The largest absolute Gasteiger partial charge is 0.379 e. The van der Waals surface area contributed by atoms with Crippen molar-refractivity contribution in [3.05, 3.63) is 35.9 Å². The van der Waals surface area contributed by atoms with Gasteiger partial charge in [-0.15, -0.1) is 0 Å². The number of benzene rings is 1. The molecule has 2 rings (SSSR count). The van der Waals surface area contributed by atoms with E-state index < -0.39 is 0 Å². The van der Waals surface area contributed by atoms with Gasteiger partial charge in [0.05, 0.1) is 13.2 Å². The number of hydrogen-bond donors (Lipinski definition) is 1. The lowest BCUT2D eigenvalue weighted by Gasteiger charge is -2.10. The number of hydrogen-bond acceptors (Lipinski definition) is 2. The number of ether oxygens (including phenoxy) is 1. The average Bonchev–Trinajstić information content (AvgIpc) is 2.79. The minimum atomic E-state index is 0.598. The van der Waals surface area contributed by atoms with Crippen LogP contribution in [0.15, 0.2) is 30.3 Å². The van der Waals surface area contributed by atoms with Crippen LogP contribution in [0, 0.1) is 0 Å². The van der Waals surface area contributed by atoms with Gasteiger partial charge in [-0.3, -0.25) is 0 Å². The lowest BCUT2D eigenvalue weighted by molar-refractivity contribution is 0.119. The Morgan fingerprint density at radius 3 is 2.87 bits per heavy atom. The van der Waals surface area contributed by atoms with Crippen LogP contribution in [-0.2, 0) is 11.2 Å². The van der Waals surface area contributed by atoms with Gasteiger partial charge in [0.2, 0.25) is 0 Å². The van der Waals surface area contributed by atoms with Crippen LogP contribution in [0.2, 0.25) is 0 Å². The fourth-order valence-electron chi connectivity index (χ4n) is 1.96. The highest BCUT2D eigenvalue weighted by atomic mass is 16.5. The van der Waals surface area contributed by atoms with Gasteiger partial charge in [0.15, 0.2) is 0 Å². The molecule has 15 heavy (non-hydrogen) atoms. The molecule has 0 unspecified atom stereocenters. The van der Waals surface area contributed by atoms with Crippen molar-refractivity contribution in [1.29, 1.82) is 0 Å². The molecule has 1 aliphatic rings. The maximum atomic E-state index is 5.66. The molecule has 0 aromatic heterocycles. The Kier molecular flexibility index (Phi) is 4.18. The second kappa shape index (κ2) is 5.89. The summed E-state index contributed by atoms with van der Waals surface area (Å²) in [5, 5.41) is 3.43. The van der Waals surface area contributed by atoms with Crippen LogP contribution in [0.3, 0.4) is 0 Å². The van der Waals surface area contributed by atoms with Gasteiger partial charge >= 0.3 is 0 Å². The normalized spacial score (nSPS) is 20.7. The van der Waals surface area contributed by atoms with E-state index in [-0.39, 0.29) is 0 Å². The van der Waals surface area contributed by atoms with Crippen LogP contribution in [0.1, 0.15) is 18.4 Å². The standard InChI is InChI=1S/C13H19NO/c1-2-5-12(6-3-1)8-10-15-11-13-7-4-9-14-13/h1-3,5-6,13-14H,4,7-11H2/t13-/m1/s1. The Bertz CT molecular complexity index is 267. The van der Waals surface area contributed by atoms with E-state index in [1.807, 2.05) is 6.07 Å². The summed E-state index contributed by atoms with van der Waals surface area (Å²) in [6, 6.07) is 11.1. The maximum absolute atomic E-state index is 5.66. The summed E-state index contributed by atoms with van der Waals surface area (Å²) in [7, 11) is 0. The van der Waals surface area contributed by atoms with Crippen LogP contribution in [0.4, 0.5) is 0 Å². The fourth-order valence-corrected chi connectivity index (χ4v) is 1.96. The van der Waals surface area contributed by atoms with Gasteiger partial charge in [0, 0.05) is 6.04 Å². The lowest BCUT2D eigenvalue weighted by Crippen LogP contribution is -2.27. The topological polar surface area (TPSA) is 21.3 Å². The van der Waals surface area contributed by atoms with Crippen molar-refractivity contribution >= 4 is 0 Å². The molecule has 0 amide bonds. The molecule has 0 radical (unpaired) electrons. The highest BCUT2D eigenvalue weighted by Crippen LogP contribution is 2.05. The third-order valence-corrected chi connectivity index (χ3v) is 2.86. The van der Waals surface area contributed by atoms with E-state index in [4.69, 9.17) is 4.74 Å².